The Labute approximate surface area is 195 Å². The molecule has 0 saturated carbocycles. The average molecular weight is 482 g/mol. The summed E-state index contributed by atoms with van der Waals surface area (Å²) in [5, 5.41) is 23.1. The van der Waals surface area contributed by atoms with Crippen LogP contribution < -0.4 is 10.2 Å². The van der Waals surface area contributed by atoms with E-state index in [1.54, 1.807) is 12.1 Å². The highest BCUT2D eigenvalue weighted by atomic mass is 19.4. The molecule has 1 aliphatic rings. The number of carboxylic acid groups (broad SMARTS) is 1. The largest absolute Gasteiger partial charge is 0.465 e. The number of aromatic amines is 1. The fraction of sp³-hybridized carbons (Fsp3) is 0.125. The van der Waals surface area contributed by atoms with Crippen molar-refractivity contribution in [2.75, 3.05) is 10.2 Å². The minimum absolute atomic E-state index is 0.0510. The highest BCUT2D eigenvalue weighted by molar-refractivity contribution is 6.12. The third-order valence-electron chi connectivity index (χ3n) is 5.82. The summed E-state index contributed by atoms with van der Waals surface area (Å²) in [5.41, 5.74) is -1.74. The molecule has 178 valence electrons. The number of imidazole rings is 1. The fourth-order valence-electron chi connectivity index (χ4n) is 4.39. The van der Waals surface area contributed by atoms with Crippen LogP contribution in [0.25, 0.3) is 11.0 Å². The van der Waals surface area contributed by atoms with Crippen LogP contribution in [0.1, 0.15) is 32.6 Å². The SMILES string of the molecule is Cc1cc(N2C(=O)c3ccccc3C2(O)c2ccc3nc(NC(=O)O)[nH]c3c2)cc(C(F)(F)F)c1. The number of carbonyl (C=O) groups excluding carboxylic acids is 1. The number of benzene rings is 3. The van der Waals surface area contributed by atoms with Gasteiger partial charge < -0.3 is 15.2 Å². The van der Waals surface area contributed by atoms with Gasteiger partial charge in [-0.05, 0) is 48.9 Å². The van der Waals surface area contributed by atoms with Crippen LogP contribution in [0.3, 0.4) is 0 Å². The highest BCUT2D eigenvalue weighted by Gasteiger charge is 2.51. The number of alkyl halides is 3. The molecule has 0 fully saturated rings. The lowest BCUT2D eigenvalue weighted by Gasteiger charge is -2.35. The summed E-state index contributed by atoms with van der Waals surface area (Å²) in [4.78, 5) is 32.2. The summed E-state index contributed by atoms with van der Waals surface area (Å²) >= 11 is 0. The molecule has 5 rings (SSSR count). The van der Waals surface area contributed by atoms with E-state index < -0.39 is 29.5 Å². The summed E-state index contributed by atoms with van der Waals surface area (Å²) in [6.45, 7) is 1.47. The van der Waals surface area contributed by atoms with Crippen molar-refractivity contribution in [3.8, 4) is 0 Å². The first-order valence-corrected chi connectivity index (χ1v) is 10.3. The number of amides is 2. The number of halogens is 3. The zero-order valence-electron chi connectivity index (χ0n) is 18.0. The number of aryl methyl sites for hydroxylation is 1. The quantitative estimate of drug-likeness (QED) is 0.334. The predicted octanol–water partition coefficient (Wildman–Crippen LogP) is 4.83. The lowest BCUT2D eigenvalue weighted by Crippen LogP contribution is -2.45. The van der Waals surface area contributed by atoms with Gasteiger partial charge in [-0.3, -0.25) is 15.0 Å². The van der Waals surface area contributed by atoms with E-state index in [0.29, 0.717) is 11.0 Å². The van der Waals surface area contributed by atoms with Crippen LogP contribution in [0.4, 0.5) is 29.6 Å². The molecule has 0 aliphatic carbocycles. The lowest BCUT2D eigenvalue weighted by atomic mass is 9.93. The molecule has 35 heavy (non-hydrogen) atoms. The van der Waals surface area contributed by atoms with Crippen molar-refractivity contribution in [1.82, 2.24) is 9.97 Å². The Balaban J connectivity index is 1.72. The number of carbonyl (C=O) groups is 2. The monoisotopic (exact) mass is 482 g/mol. The molecule has 1 unspecified atom stereocenters. The van der Waals surface area contributed by atoms with Crippen LogP contribution in [-0.2, 0) is 11.9 Å². The topological polar surface area (TPSA) is 119 Å². The number of hydrogen-bond donors (Lipinski definition) is 4. The highest BCUT2D eigenvalue weighted by Crippen LogP contribution is 2.46. The maximum atomic E-state index is 13.6. The van der Waals surface area contributed by atoms with E-state index in [1.165, 1.54) is 43.3 Å². The van der Waals surface area contributed by atoms with Crippen molar-refractivity contribution in [2.45, 2.75) is 18.8 Å². The van der Waals surface area contributed by atoms with E-state index in [0.717, 1.165) is 17.0 Å². The number of fused-ring (bicyclic) bond motifs is 2. The van der Waals surface area contributed by atoms with Crippen molar-refractivity contribution in [2.24, 2.45) is 0 Å². The maximum absolute atomic E-state index is 13.6. The number of aromatic nitrogens is 2. The maximum Gasteiger partial charge on any atom is 0.416 e. The molecule has 8 nitrogen and oxygen atoms in total. The van der Waals surface area contributed by atoms with Gasteiger partial charge in [-0.2, -0.15) is 13.2 Å². The van der Waals surface area contributed by atoms with E-state index in [-0.39, 0.29) is 33.9 Å². The molecule has 1 aliphatic heterocycles. The Morgan fingerprint density at radius 3 is 2.57 bits per heavy atom. The molecule has 0 spiro atoms. The van der Waals surface area contributed by atoms with Gasteiger partial charge in [-0.15, -0.1) is 0 Å². The van der Waals surface area contributed by atoms with Gasteiger partial charge in [0.1, 0.15) is 0 Å². The van der Waals surface area contributed by atoms with Gasteiger partial charge in [0.2, 0.25) is 5.95 Å². The van der Waals surface area contributed by atoms with Gasteiger partial charge in [-0.1, -0.05) is 24.3 Å². The van der Waals surface area contributed by atoms with Gasteiger partial charge in [-0.25, -0.2) is 9.78 Å². The van der Waals surface area contributed by atoms with E-state index in [4.69, 9.17) is 5.11 Å². The second-order valence-corrected chi connectivity index (χ2v) is 8.16. The standard InChI is InChI=1S/C24H17F3N4O4/c1-12-8-14(24(25,26)27)10-15(9-12)31-20(32)16-4-2-3-5-17(16)23(31,35)13-6-7-18-19(11-13)29-21(28-18)30-22(33)34/h2-11,35H,1H3,(H,33,34)(H2,28,29,30). The molecule has 2 heterocycles. The Morgan fingerprint density at radius 2 is 1.86 bits per heavy atom. The number of nitrogens with one attached hydrogen (secondary N) is 2. The Bertz CT molecular complexity index is 1510. The van der Waals surface area contributed by atoms with Gasteiger partial charge in [0, 0.05) is 22.4 Å². The van der Waals surface area contributed by atoms with E-state index in [9.17, 15) is 27.9 Å². The molecule has 11 heteroatoms. The molecule has 4 N–H and O–H groups in total. The second-order valence-electron chi connectivity index (χ2n) is 8.16. The molecular weight excluding hydrogens is 465 g/mol. The minimum atomic E-state index is -4.66. The molecular formula is C24H17F3N4O4. The summed E-state index contributed by atoms with van der Waals surface area (Å²) in [7, 11) is 0. The number of hydrogen-bond acceptors (Lipinski definition) is 4. The summed E-state index contributed by atoms with van der Waals surface area (Å²) in [6.07, 6.45) is -5.99. The molecule has 1 atom stereocenters. The summed E-state index contributed by atoms with van der Waals surface area (Å²) < 4.78 is 40.7. The van der Waals surface area contributed by atoms with Crippen molar-refractivity contribution in [1.29, 1.82) is 0 Å². The first kappa shape index (κ1) is 22.4. The normalized spacial score (nSPS) is 17.6. The number of nitrogens with zero attached hydrogens (tertiary/aromatic N) is 2. The Morgan fingerprint density at radius 1 is 1.11 bits per heavy atom. The number of anilines is 2. The van der Waals surface area contributed by atoms with Gasteiger partial charge in [0.15, 0.2) is 5.72 Å². The average Bonchev–Trinajstić information content (AvgIpc) is 3.28. The van der Waals surface area contributed by atoms with Crippen molar-refractivity contribution >= 4 is 34.7 Å². The molecule has 0 saturated heterocycles. The van der Waals surface area contributed by atoms with Gasteiger partial charge >= 0.3 is 12.3 Å². The van der Waals surface area contributed by atoms with E-state index >= 15 is 0 Å². The summed E-state index contributed by atoms with van der Waals surface area (Å²) in [6, 6.07) is 13.9. The van der Waals surface area contributed by atoms with Crippen molar-refractivity contribution in [3.05, 3.63) is 88.5 Å². The van der Waals surface area contributed by atoms with Crippen LogP contribution in [0.2, 0.25) is 0 Å². The van der Waals surface area contributed by atoms with Crippen LogP contribution in [0.5, 0.6) is 0 Å². The molecule has 2 amide bonds. The van der Waals surface area contributed by atoms with Crippen LogP contribution in [0.15, 0.2) is 60.7 Å². The molecule has 1 aromatic heterocycles. The van der Waals surface area contributed by atoms with Crippen molar-refractivity contribution < 1.29 is 33.0 Å². The number of H-pyrrole nitrogens is 1. The number of rotatable bonds is 3. The predicted molar refractivity (Wildman–Crippen MR) is 120 cm³/mol. The Hall–Kier alpha value is -4.38. The van der Waals surface area contributed by atoms with E-state index in [2.05, 4.69) is 15.3 Å². The van der Waals surface area contributed by atoms with Gasteiger partial charge in [0.05, 0.1) is 16.6 Å². The first-order valence-electron chi connectivity index (χ1n) is 10.3. The summed E-state index contributed by atoms with van der Waals surface area (Å²) in [5.74, 6) is -0.718. The third kappa shape index (κ3) is 3.56. The third-order valence-corrected chi connectivity index (χ3v) is 5.82. The zero-order chi connectivity index (χ0) is 25.1. The molecule has 3 aromatic carbocycles. The molecule has 0 bridgehead atoms. The van der Waals surface area contributed by atoms with Gasteiger partial charge in [0.25, 0.3) is 5.91 Å². The van der Waals surface area contributed by atoms with Crippen LogP contribution in [0, 0.1) is 6.92 Å². The molecule has 4 aromatic rings. The second kappa shape index (κ2) is 7.57. The molecule has 0 radical (unpaired) electrons. The van der Waals surface area contributed by atoms with E-state index in [1.807, 2.05) is 0 Å². The Kier molecular flexibility index (Phi) is 4.85. The van der Waals surface area contributed by atoms with Crippen molar-refractivity contribution in [3.63, 3.8) is 0 Å². The minimum Gasteiger partial charge on any atom is -0.465 e. The number of aliphatic hydroxyl groups is 1. The smallest absolute Gasteiger partial charge is 0.416 e. The van der Waals surface area contributed by atoms with Crippen LogP contribution >= 0.6 is 0 Å². The fourth-order valence-corrected chi connectivity index (χ4v) is 4.39. The zero-order valence-corrected chi connectivity index (χ0v) is 18.0. The van der Waals surface area contributed by atoms with Crippen LogP contribution in [-0.4, -0.2) is 32.2 Å². The first-order chi connectivity index (χ1) is 16.5. The lowest BCUT2D eigenvalue weighted by molar-refractivity contribution is -0.137.